The van der Waals surface area contributed by atoms with E-state index in [0.29, 0.717) is 5.69 Å². The number of Topliss-reactive ketones (excluding diaryl/α,β-unsaturated/α-hetero) is 1. The zero-order valence-electron chi connectivity index (χ0n) is 16.1. The number of amidine groups is 1. The van der Waals surface area contributed by atoms with Crippen molar-refractivity contribution in [2.75, 3.05) is 0 Å². The summed E-state index contributed by atoms with van der Waals surface area (Å²) in [5.41, 5.74) is 1.21. The van der Waals surface area contributed by atoms with Gasteiger partial charge in [0, 0.05) is 18.2 Å². The summed E-state index contributed by atoms with van der Waals surface area (Å²) in [6.45, 7) is 3.63. The van der Waals surface area contributed by atoms with Crippen LogP contribution in [-0.2, 0) is 12.0 Å². The van der Waals surface area contributed by atoms with Gasteiger partial charge in [-0.2, -0.15) is 0 Å². The van der Waals surface area contributed by atoms with Crippen molar-refractivity contribution in [2.45, 2.75) is 50.7 Å². The quantitative estimate of drug-likeness (QED) is 0.618. The van der Waals surface area contributed by atoms with E-state index in [1.54, 1.807) is 6.92 Å². The van der Waals surface area contributed by atoms with Gasteiger partial charge in [-0.15, -0.1) is 0 Å². The van der Waals surface area contributed by atoms with E-state index in [-0.39, 0.29) is 17.7 Å². The van der Waals surface area contributed by atoms with Gasteiger partial charge in [0.2, 0.25) is 0 Å². The highest BCUT2D eigenvalue weighted by Gasteiger charge is 2.60. The Morgan fingerprint density at radius 2 is 1.86 bits per heavy atom. The number of nitrogens with two attached hydrogens (primary N) is 1. The molecule has 1 aromatic carbocycles. The molecule has 0 saturated heterocycles. The largest absolute Gasteiger partial charge is 0.385 e. The van der Waals surface area contributed by atoms with E-state index in [4.69, 9.17) is 5.73 Å². The first-order chi connectivity index (χ1) is 13.4. The number of alkyl halides is 3. The standard InChI is InChI=1S/C20H20F4N4O/c1-11-8-27-15(9-26-11)16(29)7-12-4-5-14(21)13(6-12)19(3)20(23,24)10-18(2,22)17(25)28-19/h4-6,8-9H,7,10H2,1-3H3,(H2,25,28)/t18-,19+/m0/s1. The lowest BCUT2D eigenvalue weighted by atomic mass is 9.77. The number of hydrogen-bond acceptors (Lipinski definition) is 5. The molecular weight excluding hydrogens is 388 g/mol. The lowest BCUT2D eigenvalue weighted by molar-refractivity contribution is -0.106. The third kappa shape index (κ3) is 3.73. The van der Waals surface area contributed by atoms with Crippen LogP contribution in [0.2, 0.25) is 0 Å². The van der Waals surface area contributed by atoms with Gasteiger partial charge in [-0.05, 0) is 38.5 Å². The van der Waals surface area contributed by atoms with E-state index in [1.165, 1.54) is 18.5 Å². The molecule has 2 N–H and O–H groups in total. The molecule has 0 bridgehead atoms. The number of carbonyl (C=O) groups is 1. The topological polar surface area (TPSA) is 81.2 Å². The van der Waals surface area contributed by atoms with Crippen LogP contribution in [-0.4, -0.2) is 33.2 Å². The molecular formula is C20H20F4N4O. The van der Waals surface area contributed by atoms with Crippen molar-refractivity contribution >= 4 is 11.6 Å². The fraction of sp³-hybridized carbons (Fsp3) is 0.400. The van der Waals surface area contributed by atoms with Crippen molar-refractivity contribution in [3.63, 3.8) is 0 Å². The average Bonchev–Trinajstić information content (AvgIpc) is 2.61. The summed E-state index contributed by atoms with van der Waals surface area (Å²) in [5, 5.41) is 0. The van der Waals surface area contributed by atoms with Crippen LogP contribution in [0.25, 0.3) is 0 Å². The Morgan fingerprint density at radius 3 is 2.48 bits per heavy atom. The fourth-order valence-electron chi connectivity index (χ4n) is 3.24. The number of hydrogen-bond donors (Lipinski definition) is 1. The summed E-state index contributed by atoms with van der Waals surface area (Å²) in [4.78, 5) is 24.0. The van der Waals surface area contributed by atoms with Crippen LogP contribution in [0.4, 0.5) is 17.6 Å². The first-order valence-corrected chi connectivity index (χ1v) is 8.89. The molecule has 2 atom stereocenters. The average molecular weight is 408 g/mol. The highest BCUT2D eigenvalue weighted by Crippen LogP contribution is 2.50. The third-order valence-corrected chi connectivity index (χ3v) is 5.13. The van der Waals surface area contributed by atoms with Gasteiger partial charge in [0.05, 0.1) is 18.3 Å². The zero-order valence-corrected chi connectivity index (χ0v) is 16.1. The van der Waals surface area contributed by atoms with Crippen LogP contribution < -0.4 is 5.73 Å². The molecule has 0 radical (unpaired) electrons. The Hall–Kier alpha value is -2.84. The molecule has 1 aliphatic rings. The second-order valence-corrected chi connectivity index (χ2v) is 7.61. The van der Waals surface area contributed by atoms with Gasteiger partial charge in [-0.3, -0.25) is 14.8 Å². The Bertz CT molecular complexity index is 988. The number of aromatic nitrogens is 2. The van der Waals surface area contributed by atoms with E-state index >= 15 is 0 Å². The molecule has 0 fully saturated rings. The summed E-state index contributed by atoms with van der Waals surface area (Å²) in [6, 6.07) is 3.44. The molecule has 0 amide bonds. The highest BCUT2D eigenvalue weighted by atomic mass is 19.3. The lowest BCUT2D eigenvalue weighted by Crippen LogP contribution is -2.56. The predicted octanol–water partition coefficient (Wildman–Crippen LogP) is 3.69. The molecule has 5 nitrogen and oxygen atoms in total. The normalized spacial score (nSPS) is 26.1. The van der Waals surface area contributed by atoms with E-state index in [2.05, 4.69) is 15.0 Å². The van der Waals surface area contributed by atoms with Gasteiger partial charge in [0.15, 0.2) is 17.0 Å². The Balaban J connectivity index is 2.00. The predicted molar refractivity (Wildman–Crippen MR) is 99.3 cm³/mol. The minimum absolute atomic E-state index is 0.103. The maximum absolute atomic E-state index is 14.8. The van der Waals surface area contributed by atoms with Crippen LogP contribution >= 0.6 is 0 Å². The van der Waals surface area contributed by atoms with Gasteiger partial charge in [0.25, 0.3) is 5.92 Å². The molecule has 0 spiro atoms. The Kier molecular flexibility index (Phi) is 4.96. The molecule has 1 aliphatic heterocycles. The fourth-order valence-corrected chi connectivity index (χ4v) is 3.24. The molecule has 3 rings (SSSR count). The summed E-state index contributed by atoms with van der Waals surface area (Å²) < 4.78 is 58.5. The van der Waals surface area contributed by atoms with Gasteiger partial charge in [-0.1, -0.05) is 6.07 Å². The zero-order chi connectivity index (χ0) is 21.6. The van der Waals surface area contributed by atoms with Crippen LogP contribution in [0.5, 0.6) is 0 Å². The molecule has 0 unspecified atom stereocenters. The summed E-state index contributed by atoms with van der Waals surface area (Å²) in [7, 11) is 0. The molecule has 0 aliphatic carbocycles. The van der Waals surface area contributed by atoms with Crippen molar-refractivity contribution in [1.82, 2.24) is 9.97 Å². The van der Waals surface area contributed by atoms with Crippen LogP contribution in [0.15, 0.2) is 35.6 Å². The van der Waals surface area contributed by atoms with Crippen molar-refractivity contribution < 1.29 is 22.4 Å². The van der Waals surface area contributed by atoms with Gasteiger partial charge in [0.1, 0.15) is 17.3 Å². The van der Waals surface area contributed by atoms with Crippen LogP contribution in [0.1, 0.15) is 47.6 Å². The first kappa shape index (κ1) is 20.9. The van der Waals surface area contributed by atoms with Gasteiger partial charge in [-0.25, -0.2) is 22.5 Å². The monoisotopic (exact) mass is 408 g/mol. The number of benzene rings is 1. The van der Waals surface area contributed by atoms with Gasteiger partial charge < -0.3 is 5.73 Å². The summed E-state index contributed by atoms with van der Waals surface area (Å²) in [6.07, 6.45) is 1.31. The number of nitrogens with zero attached hydrogens (tertiary/aromatic N) is 3. The van der Waals surface area contributed by atoms with E-state index in [0.717, 1.165) is 26.0 Å². The van der Waals surface area contributed by atoms with Crippen molar-refractivity contribution in [2.24, 2.45) is 10.7 Å². The van der Waals surface area contributed by atoms with Crippen molar-refractivity contribution in [1.29, 1.82) is 0 Å². The number of carbonyl (C=O) groups excluding carboxylic acids is 1. The molecule has 2 aromatic rings. The smallest absolute Gasteiger partial charge is 0.280 e. The van der Waals surface area contributed by atoms with Crippen LogP contribution in [0.3, 0.4) is 0 Å². The maximum Gasteiger partial charge on any atom is 0.280 e. The number of aliphatic imine (C=N–C) groups is 1. The molecule has 1 aromatic heterocycles. The SMILES string of the molecule is Cc1cnc(C(=O)Cc2ccc(F)c([C@@]3(C)N=C(N)[C@@](C)(F)CC3(F)F)c2)cn1. The van der Waals surface area contributed by atoms with Crippen molar-refractivity contribution in [3.8, 4) is 0 Å². The second kappa shape index (κ2) is 6.89. The minimum atomic E-state index is -3.70. The highest BCUT2D eigenvalue weighted by molar-refractivity contribution is 5.95. The summed E-state index contributed by atoms with van der Waals surface area (Å²) in [5.74, 6) is -5.68. The van der Waals surface area contributed by atoms with E-state index < -0.39 is 46.6 Å². The lowest BCUT2D eigenvalue weighted by Gasteiger charge is -2.42. The number of ketones is 1. The van der Waals surface area contributed by atoms with Gasteiger partial charge >= 0.3 is 0 Å². The molecule has 0 saturated carbocycles. The molecule has 154 valence electrons. The van der Waals surface area contributed by atoms with E-state index in [1.807, 2.05) is 0 Å². The van der Waals surface area contributed by atoms with Crippen molar-refractivity contribution in [3.05, 3.63) is 58.9 Å². The van der Waals surface area contributed by atoms with E-state index in [9.17, 15) is 22.4 Å². The number of rotatable bonds is 4. The molecule has 9 heteroatoms. The Morgan fingerprint density at radius 1 is 1.17 bits per heavy atom. The molecule has 2 heterocycles. The summed E-state index contributed by atoms with van der Waals surface area (Å²) >= 11 is 0. The van der Waals surface area contributed by atoms with Crippen LogP contribution in [0, 0.1) is 12.7 Å². The number of aryl methyl sites for hydroxylation is 1. The third-order valence-electron chi connectivity index (χ3n) is 5.13. The minimum Gasteiger partial charge on any atom is -0.385 e. The maximum atomic E-state index is 14.8. The molecule has 29 heavy (non-hydrogen) atoms. The first-order valence-electron chi connectivity index (χ1n) is 8.89. The number of halogens is 4. The second-order valence-electron chi connectivity index (χ2n) is 7.61. The Labute approximate surface area is 165 Å².